The zero-order valence-electron chi connectivity index (χ0n) is 36.1. The third-order valence-corrected chi connectivity index (χ3v) is 10.1. The van der Waals surface area contributed by atoms with E-state index >= 15 is 0 Å². The molecule has 6 N–H and O–H groups in total. The number of aliphatic hydroxyl groups is 1. The zero-order valence-corrected chi connectivity index (χ0v) is 36.1. The lowest BCUT2D eigenvalue weighted by atomic mass is 10.1. The van der Waals surface area contributed by atoms with Crippen LogP contribution in [-0.4, -0.2) is 115 Å². The molecule has 64 heavy (non-hydrogen) atoms. The van der Waals surface area contributed by atoms with Crippen LogP contribution < -0.4 is 31.2 Å². The Kier molecular flexibility index (Phi) is 14.3. The number of oxazole rings is 1. The maximum Gasteiger partial charge on any atom is 0.295 e. The van der Waals surface area contributed by atoms with E-state index in [1.54, 1.807) is 45.9 Å². The predicted octanol–water partition coefficient (Wildman–Crippen LogP) is 3.55. The van der Waals surface area contributed by atoms with Crippen molar-refractivity contribution in [2.75, 3.05) is 63.4 Å². The summed E-state index contributed by atoms with van der Waals surface area (Å²) in [6.45, 7) is 9.45. The van der Waals surface area contributed by atoms with E-state index in [-0.39, 0.29) is 81.5 Å². The van der Waals surface area contributed by atoms with E-state index in [1.807, 2.05) is 26.0 Å². The molecule has 2 aromatic carbocycles. The quantitative estimate of drug-likeness (QED) is 0.0688. The average molecular weight is 882 g/mol. The van der Waals surface area contributed by atoms with Crippen molar-refractivity contribution in [3.63, 3.8) is 0 Å². The summed E-state index contributed by atoms with van der Waals surface area (Å²) in [4.78, 5) is 67.4. The van der Waals surface area contributed by atoms with E-state index in [9.17, 15) is 19.2 Å². The molecule has 338 valence electrons. The van der Waals surface area contributed by atoms with E-state index in [1.165, 1.54) is 12.1 Å². The first-order chi connectivity index (χ1) is 31.0. The summed E-state index contributed by atoms with van der Waals surface area (Å²) in [6.07, 6.45) is 4.50. The van der Waals surface area contributed by atoms with Crippen LogP contribution in [0.25, 0.3) is 22.1 Å². The number of nitrogens with one attached hydrogen (secondary N) is 3. The summed E-state index contributed by atoms with van der Waals surface area (Å²) in [6, 6.07) is 8.00. The molecule has 0 fully saturated rings. The standard InChI is InChI=1S/C43H51N11O10/c1-5-29-37(64-26(4)46-29)41(59)50-43-47-30-21-27(38(44)56)23-33-35(30)53(43)12-8-7-11-52-36-31(48-42(52)49-40(58)32-20-25(3)51-54(32)6-2)22-28(24-34(36)63-15-9-14-62-33)39(57)45-10-16-60-18-19-61-17-13-55/h7-8,20-24,55H,5-6,9-19H2,1-4H3,(H2,44,56)(H,45,57)(H,47,50,59)(H,48,49,58)/b8-7+. The summed E-state index contributed by atoms with van der Waals surface area (Å²) in [5.41, 5.74) is 9.39. The third kappa shape index (κ3) is 10.1. The van der Waals surface area contributed by atoms with Crippen molar-refractivity contribution in [2.24, 2.45) is 5.73 Å². The molecule has 21 heteroatoms. The van der Waals surface area contributed by atoms with Crippen molar-refractivity contribution in [3.8, 4) is 11.5 Å². The Balaban J connectivity index is 1.25. The number of aromatic nitrogens is 7. The fourth-order valence-electron chi connectivity index (χ4n) is 7.19. The number of imidazole rings is 2. The SMILES string of the molecule is CCc1nc(C)oc1C(=O)Nc1nc2cc(C(N)=O)cc3c2n1C/C=C/Cn1c(NC(=O)c2cc(C)nn2CC)nc2cc(C(=O)NCCOCCOCCO)cc(c21)OCCCO3. The molecule has 5 heterocycles. The van der Waals surface area contributed by atoms with Gasteiger partial charge in [0.15, 0.2) is 5.89 Å². The zero-order chi connectivity index (χ0) is 45.3. The lowest BCUT2D eigenvalue weighted by Crippen LogP contribution is -2.27. The molecule has 0 bridgehead atoms. The third-order valence-electron chi connectivity index (χ3n) is 10.1. The van der Waals surface area contributed by atoms with Gasteiger partial charge in [0, 0.05) is 50.7 Å². The second-order valence-electron chi connectivity index (χ2n) is 14.6. The summed E-state index contributed by atoms with van der Waals surface area (Å²) in [5, 5.41) is 22.0. The molecule has 4 amide bonds. The van der Waals surface area contributed by atoms with Gasteiger partial charge < -0.3 is 48.7 Å². The minimum absolute atomic E-state index is 0.0581. The van der Waals surface area contributed by atoms with Gasteiger partial charge in [-0.1, -0.05) is 19.1 Å². The van der Waals surface area contributed by atoms with Gasteiger partial charge in [-0.15, -0.1) is 0 Å². The van der Waals surface area contributed by atoms with E-state index in [4.69, 9.17) is 44.2 Å². The maximum atomic E-state index is 13.8. The van der Waals surface area contributed by atoms with Crippen LogP contribution >= 0.6 is 0 Å². The molecule has 0 saturated carbocycles. The number of ether oxygens (including phenoxy) is 4. The van der Waals surface area contributed by atoms with E-state index in [0.717, 1.165) is 0 Å². The maximum absolute atomic E-state index is 13.8. The minimum atomic E-state index is -0.692. The highest BCUT2D eigenvalue weighted by Gasteiger charge is 2.25. The minimum Gasteiger partial charge on any atom is -0.491 e. The molecule has 0 unspecified atom stereocenters. The fraction of sp³-hybridized carbons (Fsp3) is 0.395. The topological polar surface area (TPSA) is 267 Å². The number of allylic oxidation sites excluding steroid dienone is 2. The first kappa shape index (κ1) is 44.9. The van der Waals surface area contributed by atoms with Crippen LogP contribution in [0.3, 0.4) is 0 Å². The fourth-order valence-corrected chi connectivity index (χ4v) is 7.19. The number of primary amides is 1. The summed E-state index contributed by atoms with van der Waals surface area (Å²) in [5.74, 6) is -0.708. The van der Waals surface area contributed by atoms with Crippen LogP contribution in [0.5, 0.6) is 11.5 Å². The number of carbonyl (C=O) groups excluding carboxylic acids is 4. The van der Waals surface area contributed by atoms with Gasteiger partial charge in [0.2, 0.25) is 23.6 Å². The van der Waals surface area contributed by atoms with Crippen LogP contribution in [0, 0.1) is 13.8 Å². The van der Waals surface area contributed by atoms with E-state index in [2.05, 4.69) is 26.0 Å². The number of nitrogens with zero attached hydrogens (tertiary/aromatic N) is 7. The monoisotopic (exact) mass is 881 g/mol. The lowest BCUT2D eigenvalue weighted by Gasteiger charge is -2.14. The van der Waals surface area contributed by atoms with Gasteiger partial charge in [-0.3, -0.25) is 34.5 Å². The second kappa shape index (κ2) is 20.4. The Hall–Kier alpha value is -7.10. The van der Waals surface area contributed by atoms with Crippen molar-refractivity contribution in [1.29, 1.82) is 0 Å². The van der Waals surface area contributed by atoms with Gasteiger partial charge in [-0.05, 0) is 50.6 Å². The van der Waals surface area contributed by atoms with Crippen LogP contribution in [0.1, 0.15) is 79.3 Å². The van der Waals surface area contributed by atoms with E-state index in [0.29, 0.717) is 89.1 Å². The number of hydrogen-bond acceptors (Lipinski definition) is 14. The van der Waals surface area contributed by atoms with Crippen molar-refractivity contribution >= 4 is 57.6 Å². The van der Waals surface area contributed by atoms with Crippen LogP contribution in [0.2, 0.25) is 0 Å². The van der Waals surface area contributed by atoms with E-state index < -0.39 is 23.6 Å². The molecule has 4 aromatic heterocycles. The van der Waals surface area contributed by atoms with Crippen molar-refractivity contribution in [2.45, 2.75) is 60.2 Å². The molecule has 0 radical (unpaired) electrons. The van der Waals surface area contributed by atoms with Crippen molar-refractivity contribution in [3.05, 3.63) is 82.3 Å². The molecule has 0 saturated heterocycles. The normalized spacial score (nSPS) is 13.5. The smallest absolute Gasteiger partial charge is 0.295 e. The highest BCUT2D eigenvalue weighted by Crippen LogP contribution is 2.34. The van der Waals surface area contributed by atoms with Gasteiger partial charge in [0.25, 0.3) is 17.7 Å². The Morgan fingerprint density at radius 1 is 0.781 bits per heavy atom. The Labute approximate surface area is 366 Å². The van der Waals surface area contributed by atoms with Gasteiger partial charge in [0.1, 0.15) is 28.2 Å². The number of aliphatic hydroxyl groups excluding tert-OH is 1. The molecule has 0 spiro atoms. The Morgan fingerprint density at radius 3 is 2.00 bits per heavy atom. The Bertz CT molecular complexity index is 2710. The van der Waals surface area contributed by atoms with Gasteiger partial charge >= 0.3 is 0 Å². The second-order valence-corrected chi connectivity index (χ2v) is 14.6. The molecule has 7 rings (SSSR count). The van der Waals surface area contributed by atoms with Crippen molar-refractivity contribution in [1.82, 2.24) is 39.2 Å². The molecular formula is C43H51N11O10. The average Bonchev–Trinajstić information content (AvgIpc) is 4.04. The number of rotatable bonds is 16. The predicted molar refractivity (Wildman–Crippen MR) is 233 cm³/mol. The number of carbonyl (C=O) groups is 4. The summed E-state index contributed by atoms with van der Waals surface area (Å²) in [7, 11) is 0. The van der Waals surface area contributed by atoms with Gasteiger partial charge in [-0.2, -0.15) is 5.10 Å². The number of hydrogen-bond donors (Lipinski definition) is 5. The van der Waals surface area contributed by atoms with Crippen LogP contribution in [-0.2, 0) is 35.5 Å². The van der Waals surface area contributed by atoms with Gasteiger partial charge in [0.05, 0.1) is 68.7 Å². The highest BCUT2D eigenvalue weighted by molar-refractivity contribution is 6.05. The highest BCUT2D eigenvalue weighted by atomic mass is 16.5. The number of anilines is 2. The summed E-state index contributed by atoms with van der Waals surface area (Å²) < 4.78 is 34.2. The molecule has 1 aliphatic rings. The number of benzene rings is 2. The van der Waals surface area contributed by atoms with Crippen LogP contribution in [0.15, 0.2) is 46.9 Å². The molecule has 1 aliphatic heterocycles. The first-order valence-electron chi connectivity index (χ1n) is 21.0. The lowest BCUT2D eigenvalue weighted by molar-refractivity contribution is 0.0338. The number of amides is 4. The summed E-state index contributed by atoms with van der Waals surface area (Å²) >= 11 is 0. The van der Waals surface area contributed by atoms with Crippen molar-refractivity contribution < 1.29 is 47.6 Å². The largest absolute Gasteiger partial charge is 0.491 e. The molecule has 0 aliphatic carbocycles. The Morgan fingerprint density at radius 2 is 1.39 bits per heavy atom. The van der Waals surface area contributed by atoms with Gasteiger partial charge in [-0.25, -0.2) is 15.0 Å². The first-order valence-corrected chi connectivity index (χ1v) is 21.0. The number of aryl methyl sites for hydroxylation is 4. The number of nitrogens with two attached hydrogens (primary N) is 1. The molecule has 21 nitrogen and oxygen atoms in total. The molecular weight excluding hydrogens is 831 g/mol. The van der Waals surface area contributed by atoms with Crippen LogP contribution in [0.4, 0.5) is 11.9 Å². The molecule has 0 atom stereocenters. The molecule has 6 aromatic rings.